The lowest BCUT2D eigenvalue weighted by molar-refractivity contribution is -0.140. The molecule has 45 heavy (non-hydrogen) atoms. The van der Waals surface area contributed by atoms with Gasteiger partial charge in [-0.1, -0.05) is 24.3 Å². The lowest BCUT2D eigenvalue weighted by atomic mass is 9.55. The Morgan fingerprint density at radius 2 is 1.87 bits per heavy atom. The number of rotatable bonds is 10. The predicted molar refractivity (Wildman–Crippen MR) is 166 cm³/mol. The molecule has 0 unspecified atom stereocenters. The Hall–Kier alpha value is -4.22. The molecule has 0 saturated heterocycles. The number of thioether (sulfide) groups is 1. The van der Waals surface area contributed by atoms with E-state index in [1.807, 2.05) is 25.1 Å². The van der Waals surface area contributed by atoms with Gasteiger partial charge in [0.1, 0.15) is 17.4 Å². The van der Waals surface area contributed by atoms with Crippen LogP contribution in [0, 0.1) is 17.5 Å². The van der Waals surface area contributed by atoms with Crippen LogP contribution in [0.25, 0.3) is 22.3 Å². The number of H-pyrrole nitrogens is 2. The number of imidazole rings is 1. The second kappa shape index (κ2) is 11.9. The van der Waals surface area contributed by atoms with Gasteiger partial charge in [-0.25, -0.2) is 13.8 Å². The van der Waals surface area contributed by atoms with Crippen LogP contribution in [-0.2, 0) is 26.1 Å². The summed E-state index contributed by atoms with van der Waals surface area (Å²) in [6.45, 7) is 2.04. The fourth-order valence-corrected chi connectivity index (χ4v) is 7.03. The van der Waals surface area contributed by atoms with Gasteiger partial charge in [-0.2, -0.15) is 4.39 Å². The van der Waals surface area contributed by atoms with E-state index in [1.54, 1.807) is 25.6 Å². The van der Waals surface area contributed by atoms with Gasteiger partial charge < -0.3 is 24.2 Å². The van der Waals surface area contributed by atoms with E-state index in [-0.39, 0.29) is 46.4 Å². The van der Waals surface area contributed by atoms with Crippen molar-refractivity contribution in [3.8, 4) is 22.9 Å². The molecule has 0 radical (unpaired) electrons. The first-order chi connectivity index (χ1) is 21.6. The molecule has 1 aliphatic carbocycles. The predicted octanol–water partition coefficient (Wildman–Crippen LogP) is 8.08. The summed E-state index contributed by atoms with van der Waals surface area (Å²) in [4.78, 5) is 22.8. The Balaban J connectivity index is 1.35. The minimum atomic E-state index is -1.14. The molecule has 7 nitrogen and oxygen atoms in total. The number of esters is 1. The van der Waals surface area contributed by atoms with Crippen molar-refractivity contribution < 1.29 is 32.2 Å². The number of ether oxygens (including phenoxy) is 3. The molecule has 0 bridgehead atoms. The third kappa shape index (κ3) is 5.48. The molecule has 6 rings (SSSR count). The normalized spacial score (nSPS) is 19.4. The van der Waals surface area contributed by atoms with Gasteiger partial charge >= 0.3 is 5.97 Å². The van der Waals surface area contributed by atoms with Gasteiger partial charge in [0.25, 0.3) is 0 Å². The summed E-state index contributed by atoms with van der Waals surface area (Å²) < 4.78 is 61.7. The van der Waals surface area contributed by atoms with E-state index in [2.05, 4.69) is 21.0 Å². The molecule has 0 spiro atoms. The van der Waals surface area contributed by atoms with Crippen molar-refractivity contribution in [2.45, 2.75) is 48.5 Å². The number of aromatic amines is 2. The Labute approximate surface area is 262 Å². The molecular formula is C34H32F3N3O4S. The molecule has 1 aliphatic rings. The molecule has 1 fully saturated rings. The number of carbonyl (C=O) groups is 1. The van der Waals surface area contributed by atoms with E-state index < -0.39 is 22.9 Å². The van der Waals surface area contributed by atoms with Crippen LogP contribution in [0.15, 0.2) is 65.8 Å². The summed E-state index contributed by atoms with van der Waals surface area (Å²) in [6.07, 6.45) is 7.06. The lowest BCUT2D eigenvalue weighted by Crippen LogP contribution is -2.54. The van der Waals surface area contributed by atoms with E-state index >= 15 is 8.78 Å². The molecule has 0 amide bonds. The maximum atomic E-state index is 15.3. The minimum Gasteiger partial charge on any atom is -0.469 e. The number of methoxy groups -OCH3 is 2. The quantitative estimate of drug-likeness (QED) is 0.119. The highest BCUT2D eigenvalue weighted by Gasteiger charge is 2.55. The number of benzene rings is 3. The summed E-state index contributed by atoms with van der Waals surface area (Å²) in [6, 6.07) is 13.7. The first-order valence-corrected chi connectivity index (χ1v) is 15.6. The van der Waals surface area contributed by atoms with Gasteiger partial charge in [0.05, 0.1) is 28.7 Å². The zero-order valence-electron chi connectivity index (χ0n) is 25.2. The molecule has 3 aromatic carbocycles. The van der Waals surface area contributed by atoms with Crippen LogP contribution in [0.3, 0.4) is 0 Å². The van der Waals surface area contributed by atoms with Crippen molar-refractivity contribution in [2.75, 3.05) is 20.5 Å². The zero-order valence-corrected chi connectivity index (χ0v) is 26.0. The minimum absolute atomic E-state index is 0.0515. The summed E-state index contributed by atoms with van der Waals surface area (Å²) in [5, 5.41) is 0.484. The highest BCUT2D eigenvalue weighted by molar-refractivity contribution is 7.99. The number of fused-ring (bicyclic) bond motifs is 1. The first kappa shape index (κ1) is 30.8. The molecule has 2 heterocycles. The highest BCUT2D eigenvalue weighted by Crippen LogP contribution is 2.55. The zero-order chi connectivity index (χ0) is 31.9. The number of carbonyl (C=O) groups excluding carboxylic acids is 1. The van der Waals surface area contributed by atoms with Gasteiger partial charge in [0, 0.05) is 42.4 Å². The standard InChI is InChI=1S/C34H32F3N3O4S/c1-33(43-3)17-34(18-33,20-7-5-6-19(14-20)8-11-26(41)42-2)25-16-39-32(40-25)23-15-21(9-10-24(23)35)44-30-28(37)27(36)29-22(12-13-38-29)31(30)45-4/h5-7,9-10,12-16,38H,8,11,17-18H2,1-4H3,(H,39,40). The number of aromatic nitrogens is 3. The van der Waals surface area contributed by atoms with Crippen LogP contribution in [0.5, 0.6) is 11.5 Å². The molecule has 234 valence electrons. The highest BCUT2D eigenvalue weighted by atomic mass is 32.2. The van der Waals surface area contributed by atoms with Crippen molar-refractivity contribution in [3.05, 3.63) is 95.2 Å². The molecule has 2 aromatic heterocycles. The van der Waals surface area contributed by atoms with Crippen LogP contribution in [0.2, 0.25) is 0 Å². The first-order valence-electron chi connectivity index (χ1n) is 14.4. The maximum absolute atomic E-state index is 15.3. The third-order valence-corrected chi connectivity index (χ3v) is 9.50. The number of hydrogen-bond acceptors (Lipinski definition) is 6. The summed E-state index contributed by atoms with van der Waals surface area (Å²) in [5.74, 6) is -2.92. The van der Waals surface area contributed by atoms with Gasteiger partial charge in [0.2, 0.25) is 5.82 Å². The smallest absolute Gasteiger partial charge is 0.305 e. The molecule has 5 aromatic rings. The third-order valence-electron chi connectivity index (χ3n) is 8.69. The SMILES string of the molecule is COC(=O)CCc1cccc(C2(c3cnc(-c4cc(Oc5c(F)c(F)c6[nH]ccc6c5SC)ccc4F)[nH]3)CC(C)(OC)C2)c1. The van der Waals surface area contributed by atoms with Crippen LogP contribution in [0.4, 0.5) is 13.2 Å². The molecule has 1 saturated carbocycles. The van der Waals surface area contributed by atoms with Crippen molar-refractivity contribution in [1.29, 1.82) is 0 Å². The van der Waals surface area contributed by atoms with Gasteiger partial charge in [-0.3, -0.25) is 4.79 Å². The van der Waals surface area contributed by atoms with E-state index in [4.69, 9.17) is 14.2 Å². The van der Waals surface area contributed by atoms with E-state index in [9.17, 15) is 9.18 Å². The van der Waals surface area contributed by atoms with Crippen molar-refractivity contribution in [2.24, 2.45) is 0 Å². The Morgan fingerprint density at radius 3 is 2.60 bits per heavy atom. The number of nitrogens with one attached hydrogen (secondary N) is 2. The van der Waals surface area contributed by atoms with E-state index in [0.29, 0.717) is 29.5 Å². The average Bonchev–Trinajstić information content (AvgIpc) is 3.73. The summed E-state index contributed by atoms with van der Waals surface area (Å²) in [7, 11) is 3.05. The Bertz CT molecular complexity index is 1900. The molecule has 0 aliphatic heterocycles. The molecule has 0 atom stereocenters. The van der Waals surface area contributed by atoms with Crippen LogP contribution < -0.4 is 4.74 Å². The molecule has 11 heteroatoms. The van der Waals surface area contributed by atoms with Gasteiger partial charge in [0.15, 0.2) is 11.6 Å². The maximum Gasteiger partial charge on any atom is 0.305 e. The fourth-order valence-electron chi connectivity index (χ4n) is 6.33. The average molecular weight is 636 g/mol. The Morgan fingerprint density at radius 1 is 1.07 bits per heavy atom. The fraction of sp³-hybridized carbons (Fsp3) is 0.294. The number of halogens is 3. The van der Waals surface area contributed by atoms with Crippen LogP contribution in [-0.4, -0.2) is 47.0 Å². The largest absolute Gasteiger partial charge is 0.469 e. The van der Waals surface area contributed by atoms with Crippen molar-refractivity contribution >= 4 is 28.6 Å². The molecule has 2 N–H and O–H groups in total. The molecular weight excluding hydrogens is 603 g/mol. The second-order valence-electron chi connectivity index (χ2n) is 11.5. The van der Waals surface area contributed by atoms with Gasteiger partial charge in [-0.05, 0) is 67.8 Å². The lowest BCUT2D eigenvalue weighted by Gasteiger charge is -2.53. The Kier molecular flexibility index (Phi) is 8.17. The van der Waals surface area contributed by atoms with Crippen molar-refractivity contribution in [3.63, 3.8) is 0 Å². The van der Waals surface area contributed by atoms with Crippen molar-refractivity contribution in [1.82, 2.24) is 15.0 Å². The topological polar surface area (TPSA) is 89.2 Å². The van der Waals surface area contributed by atoms with E-state index in [0.717, 1.165) is 16.8 Å². The van der Waals surface area contributed by atoms with Crippen LogP contribution in [0.1, 0.15) is 43.0 Å². The second-order valence-corrected chi connectivity index (χ2v) is 12.3. The van der Waals surface area contributed by atoms with Crippen LogP contribution >= 0.6 is 11.8 Å². The van der Waals surface area contributed by atoms with Gasteiger partial charge in [-0.15, -0.1) is 11.8 Å². The number of hydrogen-bond donors (Lipinski definition) is 2. The number of aryl methyl sites for hydroxylation is 1. The summed E-state index contributed by atoms with van der Waals surface area (Å²) >= 11 is 1.22. The monoisotopic (exact) mass is 635 g/mol. The van der Waals surface area contributed by atoms with E-state index in [1.165, 1.54) is 43.3 Å². The number of nitrogens with zero attached hydrogens (tertiary/aromatic N) is 1. The summed E-state index contributed by atoms with van der Waals surface area (Å²) in [5.41, 5.74) is 2.08.